The third-order valence-corrected chi connectivity index (χ3v) is 5.60. The maximum Gasteiger partial charge on any atom is 0.176 e. The summed E-state index contributed by atoms with van der Waals surface area (Å²) in [6.45, 7) is 4.24. The predicted molar refractivity (Wildman–Crippen MR) is 96.3 cm³/mol. The summed E-state index contributed by atoms with van der Waals surface area (Å²) >= 11 is 7.25. The Kier molecular flexibility index (Phi) is 4.81. The van der Waals surface area contributed by atoms with Gasteiger partial charge in [-0.25, -0.2) is 0 Å². The van der Waals surface area contributed by atoms with E-state index in [2.05, 4.69) is 48.9 Å². The van der Waals surface area contributed by atoms with E-state index in [4.69, 9.17) is 0 Å². The van der Waals surface area contributed by atoms with E-state index >= 15 is 0 Å². The van der Waals surface area contributed by atoms with Gasteiger partial charge in [0.1, 0.15) is 0 Å². The van der Waals surface area contributed by atoms with Gasteiger partial charge in [0, 0.05) is 27.6 Å². The van der Waals surface area contributed by atoms with Gasteiger partial charge >= 0.3 is 0 Å². The molecule has 0 aromatic heterocycles. The maximum absolute atomic E-state index is 12.4. The van der Waals surface area contributed by atoms with Crippen molar-refractivity contribution in [2.24, 2.45) is 0 Å². The van der Waals surface area contributed by atoms with E-state index in [0.717, 1.165) is 34.0 Å². The number of rotatable bonds is 3. The van der Waals surface area contributed by atoms with Crippen molar-refractivity contribution in [1.82, 2.24) is 4.90 Å². The molecule has 0 saturated carbocycles. The number of aryl methyl sites for hydroxylation is 1. The summed E-state index contributed by atoms with van der Waals surface area (Å²) in [5.74, 6) is 0.189. The number of hydrogen-bond acceptors (Lipinski definition) is 2. The zero-order valence-corrected chi connectivity index (χ0v) is 15.6. The average Bonchev–Trinajstić information content (AvgIpc) is 2.52. The van der Waals surface area contributed by atoms with Gasteiger partial charge < -0.3 is 0 Å². The molecular weight excluding hydrogens is 406 g/mol. The number of Topliss-reactive ketones (excluding diaryl/α,β-unsaturated/α-hetero) is 1. The predicted octanol–water partition coefficient (Wildman–Crippen LogP) is 4.76. The minimum atomic E-state index is 0.189. The van der Waals surface area contributed by atoms with E-state index in [1.165, 1.54) is 16.7 Å². The number of halogens is 2. The molecule has 0 aliphatic carbocycles. The lowest BCUT2D eigenvalue weighted by Gasteiger charge is -2.29. The monoisotopic (exact) mass is 421 g/mol. The van der Waals surface area contributed by atoms with Gasteiger partial charge in [-0.1, -0.05) is 61.7 Å². The van der Waals surface area contributed by atoms with Crippen LogP contribution in [0.4, 0.5) is 0 Å². The maximum atomic E-state index is 12.4. The Morgan fingerprint density at radius 2 is 1.68 bits per heavy atom. The lowest BCUT2D eigenvalue weighted by atomic mass is 9.99. The van der Waals surface area contributed by atoms with Crippen molar-refractivity contribution in [3.63, 3.8) is 0 Å². The van der Waals surface area contributed by atoms with E-state index in [1.54, 1.807) is 0 Å². The molecule has 2 nitrogen and oxygen atoms in total. The highest BCUT2D eigenvalue weighted by molar-refractivity contribution is 9.11. The van der Waals surface area contributed by atoms with Gasteiger partial charge in [-0.15, -0.1) is 0 Å². The highest BCUT2D eigenvalue weighted by Crippen LogP contribution is 2.32. The molecule has 1 aliphatic rings. The second-order valence-corrected chi connectivity index (χ2v) is 7.44. The van der Waals surface area contributed by atoms with Crippen molar-refractivity contribution in [2.45, 2.75) is 19.9 Å². The van der Waals surface area contributed by atoms with Crippen LogP contribution < -0.4 is 0 Å². The summed E-state index contributed by atoms with van der Waals surface area (Å²) < 4.78 is 2.29. The van der Waals surface area contributed by atoms with Crippen molar-refractivity contribution >= 4 is 37.6 Å². The quantitative estimate of drug-likeness (QED) is 0.664. The first-order valence-corrected chi connectivity index (χ1v) is 8.91. The van der Waals surface area contributed by atoms with Gasteiger partial charge in [0.2, 0.25) is 0 Å². The van der Waals surface area contributed by atoms with Gasteiger partial charge in [-0.2, -0.15) is 0 Å². The summed E-state index contributed by atoms with van der Waals surface area (Å²) in [4.78, 5) is 14.6. The third kappa shape index (κ3) is 3.34. The Hall–Kier alpha value is -0.970. The number of fused-ring (bicyclic) bond motifs is 1. The van der Waals surface area contributed by atoms with E-state index in [-0.39, 0.29) is 5.78 Å². The number of hydrogen-bond donors (Lipinski definition) is 0. The molecule has 0 fully saturated rings. The smallest absolute Gasteiger partial charge is 0.176 e. The molecular formula is C18H17Br2NO. The van der Waals surface area contributed by atoms with Crippen molar-refractivity contribution < 1.29 is 4.79 Å². The zero-order valence-electron chi connectivity index (χ0n) is 12.4. The van der Waals surface area contributed by atoms with Crippen LogP contribution in [0.25, 0.3) is 0 Å². The fourth-order valence-electron chi connectivity index (χ4n) is 2.82. The van der Waals surface area contributed by atoms with Gasteiger partial charge in [-0.3, -0.25) is 9.69 Å². The van der Waals surface area contributed by atoms with Crippen LogP contribution in [-0.4, -0.2) is 23.8 Å². The number of nitrogens with zero attached hydrogens (tertiary/aromatic N) is 1. The largest absolute Gasteiger partial charge is 0.293 e. The van der Waals surface area contributed by atoms with E-state index in [0.29, 0.717) is 6.54 Å². The second kappa shape index (κ2) is 6.65. The molecule has 0 N–H and O–H groups in total. The molecule has 0 unspecified atom stereocenters. The SMILES string of the molecule is Cc1ccc(C(=O)CN2CCc3c(Br)ccc(Br)c3C2)cc1. The molecule has 4 heteroatoms. The first-order valence-electron chi connectivity index (χ1n) is 7.32. The molecule has 0 spiro atoms. The summed E-state index contributed by atoms with van der Waals surface area (Å²) in [5.41, 5.74) is 4.62. The fraction of sp³-hybridized carbons (Fsp3) is 0.278. The van der Waals surface area contributed by atoms with Gasteiger partial charge in [0.15, 0.2) is 5.78 Å². The molecule has 0 saturated heterocycles. The molecule has 0 radical (unpaired) electrons. The number of benzene rings is 2. The van der Waals surface area contributed by atoms with Crippen LogP contribution in [0.1, 0.15) is 27.0 Å². The summed E-state index contributed by atoms with van der Waals surface area (Å²) in [6, 6.07) is 12.0. The molecule has 0 bridgehead atoms. The number of ketones is 1. The topological polar surface area (TPSA) is 20.3 Å². The van der Waals surface area contributed by atoms with Crippen LogP contribution in [0.3, 0.4) is 0 Å². The summed E-state index contributed by atoms with van der Waals surface area (Å²) in [7, 11) is 0. The lowest BCUT2D eigenvalue weighted by molar-refractivity contribution is 0.0921. The van der Waals surface area contributed by atoms with Crippen LogP contribution in [0.2, 0.25) is 0 Å². The Labute approximate surface area is 147 Å². The highest BCUT2D eigenvalue weighted by atomic mass is 79.9. The molecule has 2 aromatic carbocycles. The Morgan fingerprint density at radius 3 is 2.36 bits per heavy atom. The van der Waals surface area contributed by atoms with Crippen LogP contribution in [0.15, 0.2) is 45.3 Å². The van der Waals surface area contributed by atoms with E-state index in [9.17, 15) is 4.79 Å². The Balaban J connectivity index is 1.74. The summed E-state index contributed by atoms with van der Waals surface area (Å²) in [5, 5.41) is 0. The molecule has 2 aromatic rings. The Morgan fingerprint density at radius 1 is 1.05 bits per heavy atom. The number of carbonyl (C=O) groups is 1. The molecule has 22 heavy (non-hydrogen) atoms. The molecule has 1 heterocycles. The minimum absolute atomic E-state index is 0.189. The second-order valence-electron chi connectivity index (χ2n) is 5.74. The molecule has 1 aliphatic heterocycles. The third-order valence-electron chi connectivity index (χ3n) is 4.12. The summed E-state index contributed by atoms with van der Waals surface area (Å²) in [6.07, 6.45) is 0.969. The highest BCUT2D eigenvalue weighted by Gasteiger charge is 2.22. The van der Waals surface area contributed by atoms with Crippen LogP contribution in [0.5, 0.6) is 0 Å². The van der Waals surface area contributed by atoms with Crippen molar-refractivity contribution in [2.75, 3.05) is 13.1 Å². The van der Waals surface area contributed by atoms with Gasteiger partial charge in [0.25, 0.3) is 0 Å². The average molecular weight is 423 g/mol. The molecule has 0 atom stereocenters. The normalized spacial score (nSPS) is 14.7. The zero-order chi connectivity index (χ0) is 15.7. The lowest BCUT2D eigenvalue weighted by Crippen LogP contribution is -2.35. The van der Waals surface area contributed by atoms with Crippen LogP contribution in [0, 0.1) is 6.92 Å². The van der Waals surface area contributed by atoms with Gasteiger partial charge in [0.05, 0.1) is 6.54 Å². The Bertz CT molecular complexity index is 710. The van der Waals surface area contributed by atoms with E-state index in [1.807, 2.05) is 31.2 Å². The first-order chi connectivity index (χ1) is 10.5. The van der Waals surface area contributed by atoms with Crippen LogP contribution in [-0.2, 0) is 13.0 Å². The standard InChI is InChI=1S/C18H17Br2NO/c1-12-2-4-13(5-3-12)18(22)11-21-9-8-14-15(10-21)17(20)7-6-16(14)19/h2-7H,8-11H2,1H3. The minimum Gasteiger partial charge on any atom is -0.293 e. The van der Waals surface area contributed by atoms with E-state index < -0.39 is 0 Å². The molecule has 114 valence electrons. The van der Waals surface area contributed by atoms with Gasteiger partial charge in [-0.05, 0) is 36.6 Å². The van der Waals surface area contributed by atoms with Crippen molar-refractivity contribution in [3.8, 4) is 0 Å². The first kappa shape index (κ1) is 15.9. The van der Waals surface area contributed by atoms with Crippen molar-refractivity contribution in [3.05, 3.63) is 67.6 Å². The number of carbonyl (C=O) groups excluding carboxylic acids is 1. The van der Waals surface area contributed by atoms with Crippen LogP contribution >= 0.6 is 31.9 Å². The molecule has 3 rings (SSSR count). The van der Waals surface area contributed by atoms with Crippen molar-refractivity contribution in [1.29, 1.82) is 0 Å². The fourth-order valence-corrected chi connectivity index (χ4v) is 3.89. The molecule has 0 amide bonds.